The number of benzene rings is 1. The van der Waals surface area contributed by atoms with E-state index < -0.39 is 11.6 Å². The molecule has 1 aliphatic rings. The molecule has 0 fully saturated rings. The highest BCUT2D eigenvalue weighted by Crippen LogP contribution is 2.40. The minimum atomic E-state index is -0.840. The van der Waals surface area contributed by atoms with Crippen LogP contribution in [0.25, 0.3) is 10.1 Å². The number of thiophene rings is 1. The third-order valence-corrected chi connectivity index (χ3v) is 5.49. The number of anilines is 1. The fourth-order valence-corrected chi connectivity index (χ4v) is 4.21. The van der Waals surface area contributed by atoms with Gasteiger partial charge in [0, 0.05) is 17.3 Å². The number of nitrogens with one attached hydrogen (secondary N) is 1. The topological polar surface area (TPSA) is 42.0 Å². The average Bonchev–Trinajstić information content (AvgIpc) is 3.10. The van der Waals surface area contributed by atoms with Gasteiger partial charge in [0.1, 0.15) is 0 Å². The molecule has 0 spiro atoms. The van der Waals surface area contributed by atoms with E-state index in [0.29, 0.717) is 11.3 Å². The molecule has 24 heavy (non-hydrogen) atoms. The normalized spacial score (nSPS) is 16.4. The van der Waals surface area contributed by atoms with E-state index in [4.69, 9.17) is 0 Å². The summed E-state index contributed by atoms with van der Waals surface area (Å²) in [4.78, 5) is 16.3. The molecule has 0 saturated heterocycles. The number of aldehydes is 1. The van der Waals surface area contributed by atoms with Gasteiger partial charge >= 0.3 is 0 Å². The number of hydrogen-bond acceptors (Lipinski definition) is 4. The monoisotopic (exact) mass is 344 g/mol. The van der Waals surface area contributed by atoms with Gasteiger partial charge in [0.15, 0.2) is 17.9 Å². The quantitative estimate of drug-likeness (QED) is 0.694. The van der Waals surface area contributed by atoms with Crippen molar-refractivity contribution in [2.24, 2.45) is 0 Å². The lowest BCUT2D eigenvalue weighted by atomic mass is 10.1. The molecule has 0 saturated carbocycles. The van der Waals surface area contributed by atoms with Gasteiger partial charge in [-0.05, 0) is 49.1 Å². The summed E-state index contributed by atoms with van der Waals surface area (Å²) in [5.41, 5.74) is 3.19. The first kappa shape index (κ1) is 15.2. The summed E-state index contributed by atoms with van der Waals surface area (Å²) in [7, 11) is 0. The van der Waals surface area contributed by atoms with E-state index in [1.54, 1.807) is 6.20 Å². The van der Waals surface area contributed by atoms with Crippen LogP contribution in [-0.4, -0.2) is 11.3 Å². The van der Waals surface area contributed by atoms with Gasteiger partial charge in [0.2, 0.25) is 0 Å². The number of pyridine rings is 1. The molecule has 2 heterocycles. The van der Waals surface area contributed by atoms with Crippen LogP contribution in [0.2, 0.25) is 0 Å². The zero-order valence-corrected chi connectivity index (χ0v) is 13.7. The first-order chi connectivity index (χ1) is 11.6. The average molecular weight is 344 g/mol. The number of fused-ring (bicyclic) bond motifs is 2. The standard InChI is InChI=1S/C18H14F2N2OS/c1-9-4-12-16(7-21-9)24-17(8-23)18(12)22-15-3-2-10-5-13(19)14(20)6-11(10)15/h4-8,15,22H,2-3H2,1H3. The highest BCUT2D eigenvalue weighted by molar-refractivity contribution is 7.21. The lowest BCUT2D eigenvalue weighted by Crippen LogP contribution is -2.08. The number of carbonyl (C=O) groups excluding carboxylic acids is 1. The Hall–Kier alpha value is -2.34. The summed E-state index contributed by atoms with van der Waals surface area (Å²) in [6.45, 7) is 1.89. The van der Waals surface area contributed by atoms with Crippen molar-refractivity contribution in [2.75, 3.05) is 5.32 Å². The molecule has 1 aliphatic carbocycles. The zero-order chi connectivity index (χ0) is 16.8. The van der Waals surface area contributed by atoms with Crippen LogP contribution in [0.5, 0.6) is 0 Å². The molecule has 0 bridgehead atoms. The summed E-state index contributed by atoms with van der Waals surface area (Å²) in [5.74, 6) is -1.65. The Bertz CT molecular complexity index is 967. The summed E-state index contributed by atoms with van der Waals surface area (Å²) in [5, 5.41) is 4.31. The molecule has 0 aliphatic heterocycles. The lowest BCUT2D eigenvalue weighted by Gasteiger charge is -2.16. The second kappa shape index (κ2) is 5.63. The summed E-state index contributed by atoms with van der Waals surface area (Å²) < 4.78 is 27.9. The Labute approximate surface area is 141 Å². The molecule has 3 aromatic rings. The fraction of sp³-hybridized carbons (Fsp3) is 0.222. The van der Waals surface area contributed by atoms with Crippen LogP contribution < -0.4 is 5.32 Å². The van der Waals surface area contributed by atoms with Crippen molar-refractivity contribution in [2.45, 2.75) is 25.8 Å². The van der Waals surface area contributed by atoms with Crippen molar-refractivity contribution >= 4 is 33.4 Å². The Morgan fingerprint density at radius 1 is 1.29 bits per heavy atom. The van der Waals surface area contributed by atoms with Gasteiger partial charge < -0.3 is 5.32 Å². The Kier molecular flexibility index (Phi) is 3.57. The minimum absolute atomic E-state index is 0.139. The molecule has 1 aromatic carbocycles. The van der Waals surface area contributed by atoms with Crippen molar-refractivity contribution in [3.05, 3.63) is 57.7 Å². The van der Waals surface area contributed by atoms with E-state index in [9.17, 15) is 13.6 Å². The number of halogens is 2. The summed E-state index contributed by atoms with van der Waals surface area (Å²) >= 11 is 1.38. The second-order valence-corrected chi connectivity index (χ2v) is 7.07. The maximum absolute atomic E-state index is 13.6. The molecule has 6 heteroatoms. The largest absolute Gasteiger partial charge is 0.376 e. The van der Waals surface area contributed by atoms with Gasteiger partial charge in [0.05, 0.1) is 21.3 Å². The van der Waals surface area contributed by atoms with Gasteiger partial charge in [-0.15, -0.1) is 11.3 Å². The lowest BCUT2D eigenvalue weighted by molar-refractivity contribution is 0.112. The first-order valence-electron chi connectivity index (χ1n) is 7.65. The number of nitrogens with zero attached hydrogens (tertiary/aromatic N) is 1. The number of aromatic nitrogens is 1. The van der Waals surface area contributed by atoms with Crippen molar-refractivity contribution in [3.8, 4) is 0 Å². The van der Waals surface area contributed by atoms with Crippen LogP contribution >= 0.6 is 11.3 Å². The highest BCUT2D eigenvalue weighted by atomic mass is 32.1. The SMILES string of the molecule is Cc1cc2c(NC3CCc4cc(F)c(F)cc43)c(C=O)sc2cn1. The smallest absolute Gasteiger partial charge is 0.162 e. The van der Waals surface area contributed by atoms with Crippen LogP contribution in [0.1, 0.15) is 39.0 Å². The Morgan fingerprint density at radius 3 is 2.88 bits per heavy atom. The molecule has 1 N–H and O–H groups in total. The molecule has 122 valence electrons. The maximum atomic E-state index is 13.6. The fourth-order valence-electron chi connectivity index (χ4n) is 3.28. The third kappa shape index (κ3) is 2.38. The van der Waals surface area contributed by atoms with Gasteiger partial charge in [-0.1, -0.05) is 0 Å². The Balaban J connectivity index is 1.78. The van der Waals surface area contributed by atoms with Crippen LogP contribution in [0.3, 0.4) is 0 Å². The Morgan fingerprint density at radius 2 is 2.08 bits per heavy atom. The van der Waals surface area contributed by atoms with Crippen LogP contribution in [0.4, 0.5) is 14.5 Å². The molecular weight excluding hydrogens is 330 g/mol. The predicted octanol–water partition coefficient (Wildman–Crippen LogP) is 4.79. The van der Waals surface area contributed by atoms with E-state index in [0.717, 1.165) is 45.3 Å². The first-order valence-corrected chi connectivity index (χ1v) is 8.47. The molecule has 0 radical (unpaired) electrons. The maximum Gasteiger partial charge on any atom is 0.162 e. The summed E-state index contributed by atoms with van der Waals surface area (Å²) in [6, 6.07) is 4.33. The van der Waals surface area contributed by atoms with Crippen molar-refractivity contribution in [1.82, 2.24) is 4.98 Å². The van der Waals surface area contributed by atoms with Gasteiger partial charge in [-0.3, -0.25) is 9.78 Å². The molecule has 1 atom stereocenters. The highest BCUT2D eigenvalue weighted by Gasteiger charge is 2.26. The molecule has 1 unspecified atom stereocenters. The van der Waals surface area contributed by atoms with E-state index in [1.165, 1.54) is 23.5 Å². The minimum Gasteiger partial charge on any atom is -0.376 e. The van der Waals surface area contributed by atoms with E-state index in [1.807, 2.05) is 13.0 Å². The number of hydrogen-bond donors (Lipinski definition) is 1. The van der Waals surface area contributed by atoms with E-state index in [2.05, 4.69) is 10.3 Å². The van der Waals surface area contributed by atoms with Crippen LogP contribution in [0, 0.1) is 18.6 Å². The van der Waals surface area contributed by atoms with Crippen LogP contribution in [-0.2, 0) is 6.42 Å². The van der Waals surface area contributed by atoms with Crippen molar-refractivity contribution in [1.29, 1.82) is 0 Å². The molecular formula is C18H14F2N2OS. The van der Waals surface area contributed by atoms with Crippen LogP contribution in [0.15, 0.2) is 24.4 Å². The van der Waals surface area contributed by atoms with Gasteiger partial charge in [-0.25, -0.2) is 8.78 Å². The summed E-state index contributed by atoms with van der Waals surface area (Å²) in [6.07, 6.45) is 4.00. The van der Waals surface area contributed by atoms with Gasteiger partial charge in [0.25, 0.3) is 0 Å². The van der Waals surface area contributed by atoms with Crippen molar-refractivity contribution in [3.63, 3.8) is 0 Å². The third-order valence-electron chi connectivity index (χ3n) is 4.43. The number of aryl methyl sites for hydroxylation is 2. The molecule has 2 aromatic heterocycles. The van der Waals surface area contributed by atoms with Crippen molar-refractivity contribution < 1.29 is 13.6 Å². The zero-order valence-electron chi connectivity index (χ0n) is 12.9. The number of carbonyl (C=O) groups is 1. The number of rotatable bonds is 3. The van der Waals surface area contributed by atoms with E-state index >= 15 is 0 Å². The predicted molar refractivity (Wildman–Crippen MR) is 90.8 cm³/mol. The molecule has 4 rings (SSSR count). The van der Waals surface area contributed by atoms with E-state index in [-0.39, 0.29) is 6.04 Å². The van der Waals surface area contributed by atoms with Gasteiger partial charge in [-0.2, -0.15) is 0 Å². The second-order valence-electron chi connectivity index (χ2n) is 5.98. The molecule has 3 nitrogen and oxygen atoms in total. The molecule has 0 amide bonds.